The van der Waals surface area contributed by atoms with Crippen LogP contribution < -0.4 is 0 Å². The van der Waals surface area contributed by atoms with Crippen LogP contribution in [0.2, 0.25) is 0 Å². The van der Waals surface area contributed by atoms with Gasteiger partial charge in [0.1, 0.15) is 0 Å². The first-order valence-corrected chi connectivity index (χ1v) is 8.12. The average molecular weight is 305 g/mol. The lowest BCUT2D eigenvalue weighted by atomic mass is 10.2. The van der Waals surface area contributed by atoms with Crippen LogP contribution in [0.3, 0.4) is 0 Å². The van der Waals surface area contributed by atoms with Gasteiger partial charge in [0.15, 0.2) is 0 Å². The summed E-state index contributed by atoms with van der Waals surface area (Å²) in [7, 11) is 0. The summed E-state index contributed by atoms with van der Waals surface area (Å²) in [6, 6.07) is 0.855. The molecule has 0 atom stereocenters. The fourth-order valence-corrected chi connectivity index (χ4v) is 3.41. The number of hydrogen-bond donors (Lipinski definition) is 0. The third-order valence-electron chi connectivity index (χ3n) is 4.02. The Morgan fingerprint density at radius 2 is 1.82 bits per heavy atom. The molecule has 0 bridgehead atoms. The summed E-state index contributed by atoms with van der Waals surface area (Å²) >= 11 is 3.59. The van der Waals surface area contributed by atoms with Crippen molar-refractivity contribution in [2.75, 3.05) is 51.3 Å². The van der Waals surface area contributed by atoms with Crippen molar-refractivity contribution in [1.29, 1.82) is 0 Å². The first kappa shape index (κ1) is 13.8. The van der Waals surface area contributed by atoms with E-state index in [0.29, 0.717) is 0 Å². The lowest BCUT2D eigenvalue weighted by molar-refractivity contribution is 0.0314. The van der Waals surface area contributed by atoms with E-state index < -0.39 is 0 Å². The number of morpholine rings is 1. The number of hydrogen-bond acceptors (Lipinski definition) is 3. The van der Waals surface area contributed by atoms with Gasteiger partial charge in [-0.05, 0) is 12.8 Å². The summed E-state index contributed by atoms with van der Waals surface area (Å²) in [4.78, 5) is 5.23. The van der Waals surface area contributed by atoms with Crippen molar-refractivity contribution in [1.82, 2.24) is 9.80 Å². The van der Waals surface area contributed by atoms with E-state index in [2.05, 4.69) is 25.7 Å². The standard InChI is InChI=1S/C13H25BrN2O/c14-5-6-16(13-3-1-2-4-13)8-7-15-9-11-17-12-10-15/h13H,1-12H2. The van der Waals surface area contributed by atoms with Crippen LogP contribution in [-0.4, -0.2) is 67.1 Å². The highest BCUT2D eigenvalue weighted by molar-refractivity contribution is 9.09. The summed E-state index contributed by atoms with van der Waals surface area (Å²) < 4.78 is 5.39. The molecule has 1 heterocycles. The van der Waals surface area contributed by atoms with Crippen LogP contribution in [0.4, 0.5) is 0 Å². The van der Waals surface area contributed by atoms with Gasteiger partial charge in [-0.1, -0.05) is 28.8 Å². The van der Waals surface area contributed by atoms with E-state index in [1.54, 1.807) is 0 Å². The van der Waals surface area contributed by atoms with Crippen LogP contribution in [-0.2, 0) is 4.74 Å². The molecule has 1 saturated carbocycles. The van der Waals surface area contributed by atoms with E-state index >= 15 is 0 Å². The molecule has 1 aliphatic heterocycles. The second kappa shape index (κ2) is 7.72. The first-order chi connectivity index (χ1) is 8.40. The van der Waals surface area contributed by atoms with E-state index in [0.717, 1.165) is 37.7 Å². The van der Waals surface area contributed by atoms with Crippen molar-refractivity contribution in [2.45, 2.75) is 31.7 Å². The number of rotatable bonds is 6. The molecule has 100 valence electrons. The van der Waals surface area contributed by atoms with Crippen molar-refractivity contribution in [3.8, 4) is 0 Å². The van der Waals surface area contributed by atoms with E-state index in [1.807, 2.05) is 0 Å². The minimum Gasteiger partial charge on any atom is -0.379 e. The third kappa shape index (κ3) is 4.51. The maximum Gasteiger partial charge on any atom is 0.0594 e. The maximum absolute atomic E-state index is 5.39. The van der Waals surface area contributed by atoms with Gasteiger partial charge in [0.05, 0.1) is 13.2 Å². The van der Waals surface area contributed by atoms with Crippen molar-refractivity contribution >= 4 is 15.9 Å². The van der Waals surface area contributed by atoms with Gasteiger partial charge >= 0.3 is 0 Å². The molecule has 3 nitrogen and oxygen atoms in total. The zero-order chi connectivity index (χ0) is 11.9. The van der Waals surface area contributed by atoms with Gasteiger partial charge < -0.3 is 4.74 Å². The molecule has 0 aromatic carbocycles. The Kier molecular flexibility index (Phi) is 6.26. The van der Waals surface area contributed by atoms with Crippen LogP contribution >= 0.6 is 15.9 Å². The molecule has 4 heteroatoms. The van der Waals surface area contributed by atoms with Gasteiger partial charge in [-0.15, -0.1) is 0 Å². The molecule has 0 aromatic heterocycles. The summed E-state index contributed by atoms with van der Waals surface area (Å²) in [5.74, 6) is 0. The zero-order valence-electron chi connectivity index (χ0n) is 10.7. The Morgan fingerprint density at radius 1 is 1.12 bits per heavy atom. The topological polar surface area (TPSA) is 15.7 Å². The monoisotopic (exact) mass is 304 g/mol. The molecule has 0 unspecified atom stereocenters. The largest absolute Gasteiger partial charge is 0.379 e. The third-order valence-corrected chi connectivity index (χ3v) is 4.37. The van der Waals surface area contributed by atoms with E-state index in [-0.39, 0.29) is 0 Å². The predicted molar refractivity (Wildman–Crippen MR) is 74.9 cm³/mol. The highest BCUT2D eigenvalue weighted by Gasteiger charge is 2.22. The minimum atomic E-state index is 0.855. The maximum atomic E-state index is 5.39. The van der Waals surface area contributed by atoms with Gasteiger partial charge in [0.2, 0.25) is 0 Å². The summed E-state index contributed by atoms with van der Waals surface area (Å²) in [5.41, 5.74) is 0. The highest BCUT2D eigenvalue weighted by Crippen LogP contribution is 2.23. The predicted octanol–water partition coefficient (Wildman–Crippen LogP) is 1.96. The molecule has 0 radical (unpaired) electrons. The molecular formula is C13H25BrN2O. The van der Waals surface area contributed by atoms with Gasteiger partial charge in [0, 0.05) is 44.1 Å². The molecule has 1 saturated heterocycles. The second-order valence-electron chi connectivity index (χ2n) is 5.12. The number of halogens is 1. The molecule has 0 spiro atoms. The Hall–Kier alpha value is 0.360. The molecule has 1 aliphatic carbocycles. The fourth-order valence-electron chi connectivity index (χ4n) is 2.95. The molecule has 0 N–H and O–H groups in total. The van der Waals surface area contributed by atoms with Gasteiger partial charge in [-0.2, -0.15) is 0 Å². The van der Waals surface area contributed by atoms with Gasteiger partial charge in [0.25, 0.3) is 0 Å². The molecule has 0 aromatic rings. The Labute approximate surface area is 114 Å². The molecule has 2 aliphatic rings. The van der Waals surface area contributed by atoms with Crippen molar-refractivity contribution in [2.24, 2.45) is 0 Å². The molecule has 2 rings (SSSR count). The molecule has 17 heavy (non-hydrogen) atoms. The Morgan fingerprint density at radius 3 is 2.47 bits per heavy atom. The number of alkyl halides is 1. The average Bonchev–Trinajstić information content (AvgIpc) is 2.89. The quantitative estimate of drug-likeness (QED) is 0.698. The van der Waals surface area contributed by atoms with Crippen LogP contribution in [0.1, 0.15) is 25.7 Å². The summed E-state index contributed by atoms with van der Waals surface area (Å²) in [6.07, 6.45) is 5.69. The van der Waals surface area contributed by atoms with Crippen LogP contribution in [0, 0.1) is 0 Å². The molecule has 2 fully saturated rings. The Bertz CT molecular complexity index is 204. The van der Waals surface area contributed by atoms with E-state index in [1.165, 1.54) is 45.3 Å². The smallest absolute Gasteiger partial charge is 0.0594 e. The van der Waals surface area contributed by atoms with Crippen molar-refractivity contribution in [3.63, 3.8) is 0 Å². The van der Waals surface area contributed by atoms with Gasteiger partial charge in [-0.3, -0.25) is 9.80 Å². The summed E-state index contributed by atoms with van der Waals surface area (Å²) in [5, 5.41) is 1.10. The lowest BCUT2D eigenvalue weighted by Gasteiger charge is -2.32. The fraction of sp³-hybridized carbons (Fsp3) is 1.00. The van der Waals surface area contributed by atoms with E-state index in [4.69, 9.17) is 4.74 Å². The van der Waals surface area contributed by atoms with Crippen molar-refractivity contribution < 1.29 is 4.74 Å². The molecule has 0 amide bonds. The highest BCUT2D eigenvalue weighted by atomic mass is 79.9. The minimum absolute atomic E-state index is 0.855. The normalized spacial score (nSPS) is 23.6. The van der Waals surface area contributed by atoms with Crippen molar-refractivity contribution in [3.05, 3.63) is 0 Å². The number of nitrogens with zero attached hydrogens (tertiary/aromatic N) is 2. The Balaban J connectivity index is 1.72. The van der Waals surface area contributed by atoms with Crippen LogP contribution in [0.25, 0.3) is 0 Å². The lowest BCUT2D eigenvalue weighted by Crippen LogP contribution is -2.44. The van der Waals surface area contributed by atoms with E-state index in [9.17, 15) is 0 Å². The molecular weight excluding hydrogens is 280 g/mol. The van der Waals surface area contributed by atoms with Gasteiger partial charge in [-0.25, -0.2) is 0 Å². The van der Waals surface area contributed by atoms with Crippen LogP contribution in [0.15, 0.2) is 0 Å². The number of ether oxygens (including phenoxy) is 1. The second-order valence-corrected chi connectivity index (χ2v) is 5.91. The summed E-state index contributed by atoms with van der Waals surface area (Å²) in [6.45, 7) is 7.72. The zero-order valence-corrected chi connectivity index (χ0v) is 12.3. The van der Waals surface area contributed by atoms with Crippen LogP contribution in [0.5, 0.6) is 0 Å². The first-order valence-electron chi connectivity index (χ1n) is 7.00. The SMILES string of the molecule is BrCCN(CCN1CCOCC1)C1CCCC1.